The average molecular weight is 434 g/mol. The summed E-state index contributed by atoms with van der Waals surface area (Å²) >= 11 is 5.75. The molecule has 3 rings (SSSR count). The number of fused-ring (bicyclic) bond motifs is 1. The molecule has 0 saturated heterocycles. The molecule has 0 aliphatic rings. The highest BCUT2D eigenvalue weighted by molar-refractivity contribution is 6.30. The number of aromatic nitrogens is 2. The van der Waals surface area contributed by atoms with E-state index in [4.69, 9.17) is 16.3 Å². The van der Waals surface area contributed by atoms with Crippen LogP contribution in [0.15, 0.2) is 52.1 Å². The van der Waals surface area contributed by atoms with Gasteiger partial charge in [-0.2, -0.15) is 0 Å². The Bertz CT molecular complexity index is 1190. The van der Waals surface area contributed by atoms with Crippen LogP contribution in [-0.4, -0.2) is 28.8 Å². The number of amides is 1. The van der Waals surface area contributed by atoms with Crippen molar-refractivity contribution in [2.24, 2.45) is 0 Å². The van der Waals surface area contributed by atoms with Crippen LogP contribution >= 0.6 is 11.6 Å². The first-order valence-corrected chi connectivity index (χ1v) is 9.72. The second-order valence-corrected chi connectivity index (χ2v) is 7.12. The van der Waals surface area contributed by atoms with E-state index in [0.717, 1.165) is 4.57 Å². The van der Waals surface area contributed by atoms with Crippen LogP contribution in [-0.2, 0) is 29.2 Å². The van der Waals surface area contributed by atoms with Crippen molar-refractivity contribution in [3.8, 4) is 0 Å². The molecule has 0 aliphatic heterocycles. The number of hydrogen-bond donors (Lipinski definition) is 1. The summed E-state index contributed by atoms with van der Waals surface area (Å²) in [6.45, 7) is 0.448. The summed E-state index contributed by atoms with van der Waals surface area (Å²) < 4.78 is 20.7. The minimum Gasteiger partial charge on any atom is -0.385 e. The second-order valence-electron chi connectivity index (χ2n) is 6.71. The molecule has 0 radical (unpaired) electrons. The third-order valence-electron chi connectivity index (χ3n) is 4.64. The van der Waals surface area contributed by atoms with Crippen LogP contribution in [0.5, 0.6) is 0 Å². The third-order valence-corrected chi connectivity index (χ3v) is 4.93. The van der Waals surface area contributed by atoms with Crippen molar-refractivity contribution in [3.05, 3.63) is 79.7 Å². The lowest BCUT2D eigenvalue weighted by Crippen LogP contribution is -2.42. The highest BCUT2D eigenvalue weighted by Crippen LogP contribution is 2.15. The van der Waals surface area contributed by atoms with Crippen LogP contribution in [0.25, 0.3) is 10.9 Å². The number of nitrogens with one attached hydrogen (secondary N) is 1. The predicted octanol–water partition coefficient (Wildman–Crippen LogP) is 2.31. The highest BCUT2D eigenvalue weighted by atomic mass is 35.5. The zero-order chi connectivity index (χ0) is 21.7. The fourth-order valence-electron chi connectivity index (χ4n) is 3.14. The fraction of sp³-hybridized carbons (Fsp3) is 0.286. The van der Waals surface area contributed by atoms with Gasteiger partial charge in [0.1, 0.15) is 12.4 Å². The van der Waals surface area contributed by atoms with E-state index in [9.17, 15) is 18.8 Å². The van der Waals surface area contributed by atoms with E-state index in [-0.39, 0.29) is 24.7 Å². The van der Waals surface area contributed by atoms with Crippen molar-refractivity contribution in [3.63, 3.8) is 0 Å². The van der Waals surface area contributed by atoms with Gasteiger partial charge in [0.15, 0.2) is 0 Å². The molecule has 30 heavy (non-hydrogen) atoms. The van der Waals surface area contributed by atoms with E-state index in [2.05, 4.69) is 5.32 Å². The summed E-state index contributed by atoms with van der Waals surface area (Å²) in [5.41, 5.74) is 0.0473. The molecule has 0 atom stereocenters. The number of carbonyl (C=O) groups is 1. The van der Waals surface area contributed by atoms with Crippen molar-refractivity contribution in [2.45, 2.75) is 26.1 Å². The van der Waals surface area contributed by atoms with Crippen LogP contribution in [0.2, 0.25) is 5.02 Å². The van der Waals surface area contributed by atoms with Gasteiger partial charge in [-0.15, -0.1) is 0 Å². The Morgan fingerprint density at radius 2 is 1.93 bits per heavy atom. The maximum atomic E-state index is 13.3. The topological polar surface area (TPSA) is 82.3 Å². The first-order valence-electron chi connectivity index (χ1n) is 9.34. The molecule has 1 aromatic heterocycles. The maximum absolute atomic E-state index is 13.3. The van der Waals surface area contributed by atoms with Gasteiger partial charge in [-0.1, -0.05) is 29.8 Å². The first-order chi connectivity index (χ1) is 14.4. The molecule has 0 saturated carbocycles. The van der Waals surface area contributed by atoms with Gasteiger partial charge in [0.05, 0.1) is 15.9 Å². The molecule has 158 valence electrons. The number of hydrogen-bond acceptors (Lipinski definition) is 4. The Morgan fingerprint density at radius 1 is 1.17 bits per heavy atom. The molecule has 0 aliphatic carbocycles. The number of rotatable bonds is 8. The summed E-state index contributed by atoms with van der Waals surface area (Å²) in [5, 5.41) is 3.00. The number of ether oxygens (including phenoxy) is 1. The molecule has 1 N–H and O–H groups in total. The van der Waals surface area contributed by atoms with E-state index < -0.39 is 23.0 Å². The molecule has 0 bridgehead atoms. The van der Waals surface area contributed by atoms with E-state index in [1.165, 1.54) is 22.8 Å². The van der Waals surface area contributed by atoms with E-state index in [1.54, 1.807) is 31.4 Å². The monoisotopic (exact) mass is 433 g/mol. The molecule has 0 fully saturated rings. The van der Waals surface area contributed by atoms with Gasteiger partial charge >= 0.3 is 5.69 Å². The standard InChI is InChI=1S/C21H21ClFN3O4/c1-30-10-4-9-25-20(28)15-5-2-3-6-18(15)26(21(25)29)13-19(27)24-12-14-7-8-17(23)16(22)11-14/h2-3,5-8,11H,4,9-10,12-13H2,1H3,(H,24,27). The first kappa shape index (κ1) is 21.7. The lowest BCUT2D eigenvalue weighted by atomic mass is 10.2. The number of para-hydroxylation sites is 1. The molecule has 1 amide bonds. The quantitative estimate of drug-likeness (QED) is 0.553. The van der Waals surface area contributed by atoms with Gasteiger partial charge < -0.3 is 10.1 Å². The minimum atomic E-state index is -0.560. The number of benzene rings is 2. The van der Waals surface area contributed by atoms with Crippen LogP contribution in [0.4, 0.5) is 4.39 Å². The number of methoxy groups -OCH3 is 1. The SMILES string of the molecule is COCCCn1c(=O)c2ccccc2n(CC(=O)NCc2ccc(F)c(Cl)c2)c1=O. The fourth-order valence-corrected chi connectivity index (χ4v) is 3.34. The lowest BCUT2D eigenvalue weighted by Gasteiger charge is -2.14. The van der Waals surface area contributed by atoms with Gasteiger partial charge in [-0.05, 0) is 36.2 Å². The minimum absolute atomic E-state index is 0.0351. The van der Waals surface area contributed by atoms with Crippen LogP contribution in [0, 0.1) is 5.82 Å². The maximum Gasteiger partial charge on any atom is 0.331 e. The zero-order valence-corrected chi connectivity index (χ0v) is 17.1. The molecule has 3 aromatic rings. The zero-order valence-electron chi connectivity index (χ0n) is 16.4. The summed E-state index contributed by atoms with van der Waals surface area (Å²) in [4.78, 5) is 38.2. The molecular weight excluding hydrogens is 413 g/mol. The molecule has 0 unspecified atom stereocenters. The molecule has 9 heteroatoms. The van der Waals surface area contributed by atoms with Gasteiger partial charge in [-0.3, -0.25) is 18.7 Å². The molecular formula is C21H21ClFN3O4. The largest absolute Gasteiger partial charge is 0.385 e. The number of carbonyl (C=O) groups excluding carboxylic acids is 1. The molecule has 1 heterocycles. The van der Waals surface area contributed by atoms with Crippen molar-refractivity contribution in [1.29, 1.82) is 0 Å². The summed E-state index contributed by atoms with van der Waals surface area (Å²) in [7, 11) is 1.54. The van der Waals surface area contributed by atoms with Crippen LogP contribution in [0.3, 0.4) is 0 Å². The smallest absolute Gasteiger partial charge is 0.331 e. The van der Waals surface area contributed by atoms with E-state index in [1.807, 2.05) is 0 Å². The summed E-state index contributed by atoms with van der Waals surface area (Å²) in [6, 6.07) is 10.8. The Labute approximate surface area is 176 Å². The molecule has 2 aromatic carbocycles. The van der Waals surface area contributed by atoms with Crippen molar-refractivity contribution >= 4 is 28.4 Å². The van der Waals surface area contributed by atoms with E-state index in [0.29, 0.717) is 29.5 Å². The van der Waals surface area contributed by atoms with Crippen LogP contribution < -0.4 is 16.6 Å². The van der Waals surface area contributed by atoms with Gasteiger partial charge in [0.25, 0.3) is 5.56 Å². The van der Waals surface area contributed by atoms with Gasteiger partial charge in [0.2, 0.25) is 5.91 Å². The van der Waals surface area contributed by atoms with Crippen molar-refractivity contribution in [2.75, 3.05) is 13.7 Å². The summed E-state index contributed by atoms with van der Waals surface area (Å²) in [6.07, 6.45) is 0.488. The number of nitrogens with zero attached hydrogens (tertiary/aromatic N) is 2. The number of halogens is 2. The Hall–Kier alpha value is -2.97. The Kier molecular flexibility index (Phi) is 7.02. The third kappa shape index (κ3) is 4.77. The average Bonchev–Trinajstić information content (AvgIpc) is 2.74. The molecule has 7 nitrogen and oxygen atoms in total. The Balaban J connectivity index is 1.86. The highest BCUT2D eigenvalue weighted by Gasteiger charge is 2.15. The molecule has 0 spiro atoms. The van der Waals surface area contributed by atoms with Gasteiger partial charge in [-0.25, -0.2) is 9.18 Å². The van der Waals surface area contributed by atoms with Gasteiger partial charge in [0, 0.05) is 26.8 Å². The predicted molar refractivity (Wildman–Crippen MR) is 112 cm³/mol. The van der Waals surface area contributed by atoms with Crippen molar-refractivity contribution in [1.82, 2.24) is 14.5 Å². The lowest BCUT2D eigenvalue weighted by molar-refractivity contribution is -0.121. The normalized spacial score (nSPS) is 11.0. The van der Waals surface area contributed by atoms with E-state index >= 15 is 0 Å². The summed E-state index contributed by atoms with van der Waals surface area (Å²) in [5.74, 6) is -0.967. The van der Waals surface area contributed by atoms with Crippen LogP contribution in [0.1, 0.15) is 12.0 Å². The van der Waals surface area contributed by atoms with Crippen molar-refractivity contribution < 1.29 is 13.9 Å². The second kappa shape index (κ2) is 9.69. The Morgan fingerprint density at radius 3 is 2.67 bits per heavy atom.